The first-order chi connectivity index (χ1) is 6.55. The smallest absolute Gasteiger partial charge is 0.325 e. The molecule has 14 heavy (non-hydrogen) atoms. The fourth-order valence-corrected chi connectivity index (χ4v) is 1.48. The van der Waals surface area contributed by atoms with E-state index >= 15 is 0 Å². The summed E-state index contributed by atoms with van der Waals surface area (Å²) in [5.74, 6) is -1.15. The van der Waals surface area contributed by atoms with Gasteiger partial charge >= 0.3 is 6.03 Å². The van der Waals surface area contributed by atoms with E-state index in [2.05, 4.69) is 5.32 Å². The second-order valence-electron chi connectivity index (χ2n) is 3.36. The van der Waals surface area contributed by atoms with Gasteiger partial charge in [-0.2, -0.15) is 0 Å². The van der Waals surface area contributed by atoms with Gasteiger partial charge in [0.15, 0.2) is 5.54 Å². The van der Waals surface area contributed by atoms with Crippen LogP contribution in [-0.4, -0.2) is 48.0 Å². The highest BCUT2D eigenvalue weighted by atomic mass is 16.5. The number of nitrogens with one attached hydrogen (secondary N) is 1. The number of amides is 4. The van der Waals surface area contributed by atoms with E-state index in [-0.39, 0.29) is 19.8 Å². The number of imide groups is 1. The van der Waals surface area contributed by atoms with Gasteiger partial charge in [-0.05, 0) is 0 Å². The topological polar surface area (TPSA) is 102 Å². The lowest BCUT2D eigenvalue weighted by Crippen LogP contribution is -2.62. The molecule has 0 saturated carbocycles. The molecular formula is C7H9N3O4. The molecule has 2 aliphatic heterocycles. The Hall–Kier alpha value is -1.63. The fourth-order valence-electron chi connectivity index (χ4n) is 1.48. The van der Waals surface area contributed by atoms with Crippen molar-refractivity contribution in [1.29, 1.82) is 0 Å². The predicted molar refractivity (Wildman–Crippen MR) is 43.0 cm³/mol. The summed E-state index contributed by atoms with van der Waals surface area (Å²) in [6.07, 6.45) is 0. The molecule has 2 rings (SSSR count). The normalized spacial score (nSPS) is 23.6. The van der Waals surface area contributed by atoms with Crippen LogP contribution < -0.4 is 11.1 Å². The molecule has 4 amide bonds. The van der Waals surface area contributed by atoms with Crippen LogP contribution in [0.15, 0.2) is 0 Å². The number of hydrogen-bond donors (Lipinski definition) is 2. The number of nitrogens with two attached hydrogens (primary N) is 1. The van der Waals surface area contributed by atoms with Crippen molar-refractivity contribution in [3.8, 4) is 0 Å². The van der Waals surface area contributed by atoms with Crippen molar-refractivity contribution >= 4 is 17.8 Å². The average molecular weight is 199 g/mol. The molecule has 2 fully saturated rings. The Labute approximate surface area is 79.2 Å². The molecule has 76 valence electrons. The Bertz CT molecular complexity index is 323. The summed E-state index contributed by atoms with van der Waals surface area (Å²) in [5, 5.41) is 2.48. The third kappa shape index (κ3) is 1.06. The van der Waals surface area contributed by atoms with Crippen LogP contribution in [0.1, 0.15) is 0 Å². The Morgan fingerprint density at radius 1 is 1.57 bits per heavy atom. The molecule has 0 aromatic carbocycles. The van der Waals surface area contributed by atoms with Gasteiger partial charge in [-0.3, -0.25) is 14.5 Å². The van der Waals surface area contributed by atoms with Gasteiger partial charge in [0.2, 0.25) is 5.91 Å². The zero-order valence-electron chi connectivity index (χ0n) is 7.28. The lowest BCUT2D eigenvalue weighted by Gasteiger charge is -2.34. The molecule has 0 unspecified atom stereocenters. The number of carbonyl (C=O) groups excluding carboxylic acids is 3. The third-order valence-electron chi connectivity index (χ3n) is 2.26. The van der Waals surface area contributed by atoms with Gasteiger partial charge in [-0.1, -0.05) is 0 Å². The Morgan fingerprint density at radius 2 is 2.21 bits per heavy atom. The van der Waals surface area contributed by atoms with Gasteiger partial charge in [0, 0.05) is 0 Å². The first-order valence-electron chi connectivity index (χ1n) is 4.05. The van der Waals surface area contributed by atoms with Crippen molar-refractivity contribution in [2.45, 2.75) is 5.54 Å². The van der Waals surface area contributed by atoms with E-state index in [0.29, 0.717) is 0 Å². The zero-order valence-corrected chi connectivity index (χ0v) is 7.28. The van der Waals surface area contributed by atoms with Gasteiger partial charge in [0.1, 0.15) is 6.54 Å². The maximum absolute atomic E-state index is 11.6. The van der Waals surface area contributed by atoms with E-state index < -0.39 is 23.4 Å². The summed E-state index contributed by atoms with van der Waals surface area (Å²) in [7, 11) is 0. The summed E-state index contributed by atoms with van der Waals surface area (Å²) in [6, 6.07) is -0.586. The SMILES string of the molecule is NC(=O)CN1C(=O)NC2(COC2)C1=O. The highest BCUT2D eigenvalue weighted by molar-refractivity contribution is 6.09. The summed E-state index contributed by atoms with van der Waals surface area (Å²) < 4.78 is 4.85. The van der Waals surface area contributed by atoms with Crippen LogP contribution >= 0.6 is 0 Å². The summed E-state index contributed by atoms with van der Waals surface area (Å²) in [5.41, 5.74) is 3.96. The van der Waals surface area contributed by atoms with Crippen molar-refractivity contribution in [3.63, 3.8) is 0 Å². The maximum atomic E-state index is 11.6. The minimum Gasteiger partial charge on any atom is -0.375 e. The average Bonchev–Trinajstić information content (AvgIpc) is 2.27. The Balaban J connectivity index is 2.16. The second kappa shape index (κ2) is 2.68. The molecule has 2 saturated heterocycles. The van der Waals surface area contributed by atoms with E-state index in [4.69, 9.17) is 10.5 Å². The molecule has 0 aromatic rings. The molecule has 3 N–H and O–H groups in total. The van der Waals surface area contributed by atoms with Gasteiger partial charge in [0.05, 0.1) is 13.2 Å². The number of carbonyl (C=O) groups is 3. The van der Waals surface area contributed by atoms with Crippen molar-refractivity contribution in [2.75, 3.05) is 19.8 Å². The quantitative estimate of drug-likeness (QED) is 0.492. The number of rotatable bonds is 2. The van der Waals surface area contributed by atoms with Gasteiger partial charge in [-0.15, -0.1) is 0 Å². The van der Waals surface area contributed by atoms with E-state index in [1.54, 1.807) is 0 Å². The van der Waals surface area contributed by atoms with Crippen LogP contribution in [0.4, 0.5) is 4.79 Å². The molecule has 7 heteroatoms. The lowest BCUT2D eigenvalue weighted by molar-refractivity contribution is -0.148. The van der Waals surface area contributed by atoms with E-state index in [1.807, 2.05) is 0 Å². The molecule has 0 atom stereocenters. The largest absolute Gasteiger partial charge is 0.375 e. The molecule has 0 aliphatic carbocycles. The molecule has 0 radical (unpaired) electrons. The van der Waals surface area contributed by atoms with Crippen LogP contribution in [-0.2, 0) is 14.3 Å². The van der Waals surface area contributed by atoms with E-state index in [1.165, 1.54) is 0 Å². The first kappa shape index (κ1) is 8.95. The molecule has 2 heterocycles. The van der Waals surface area contributed by atoms with Crippen molar-refractivity contribution in [1.82, 2.24) is 10.2 Å². The van der Waals surface area contributed by atoms with Crippen LogP contribution in [0.3, 0.4) is 0 Å². The first-order valence-corrected chi connectivity index (χ1v) is 4.05. The number of ether oxygens (including phenoxy) is 1. The fraction of sp³-hybridized carbons (Fsp3) is 0.571. The number of hydrogen-bond acceptors (Lipinski definition) is 4. The van der Waals surface area contributed by atoms with Crippen molar-refractivity contribution < 1.29 is 19.1 Å². The zero-order chi connectivity index (χ0) is 10.3. The molecular weight excluding hydrogens is 190 g/mol. The summed E-state index contributed by atoms with van der Waals surface area (Å²) in [4.78, 5) is 34.3. The van der Waals surface area contributed by atoms with Crippen LogP contribution in [0.5, 0.6) is 0 Å². The van der Waals surface area contributed by atoms with Crippen LogP contribution in [0.2, 0.25) is 0 Å². The van der Waals surface area contributed by atoms with E-state index in [0.717, 1.165) is 4.90 Å². The van der Waals surface area contributed by atoms with Crippen LogP contribution in [0, 0.1) is 0 Å². The predicted octanol–water partition coefficient (Wildman–Crippen LogP) is -2.21. The lowest BCUT2D eigenvalue weighted by atomic mass is 9.98. The van der Waals surface area contributed by atoms with Gasteiger partial charge in [-0.25, -0.2) is 4.79 Å². The summed E-state index contributed by atoms with van der Waals surface area (Å²) in [6.45, 7) is -0.0634. The minimum atomic E-state index is -0.938. The Kier molecular flexibility index (Phi) is 1.71. The molecule has 0 aromatic heterocycles. The number of primary amides is 1. The highest BCUT2D eigenvalue weighted by Crippen LogP contribution is 2.25. The number of urea groups is 1. The molecule has 2 aliphatic rings. The molecule has 7 nitrogen and oxygen atoms in total. The van der Waals surface area contributed by atoms with Gasteiger partial charge in [0.25, 0.3) is 5.91 Å². The van der Waals surface area contributed by atoms with Gasteiger partial charge < -0.3 is 15.8 Å². The maximum Gasteiger partial charge on any atom is 0.325 e. The van der Waals surface area contributed by atoms with E-state index in [9.17, 15) is 14.4 Å². The second-order valence-corrected chi connectivity index (χ2v) is 3.36. The molecule has 1 spiro atoms. The monoisotopic (exact) mass is 199 g/mol. The van der Waals surface area contributed by atoms with Crippen LogP contribution in [0.25, 0.3) is 0 Å². The van der Waals surface area contributed by atoms with Crippen molar-refractivity contribution in [3.05, 3.63) is 0 Å². The standard InChI is InChI=1S/C7H9N3O4/c8-4(11)1-10-5(12)7(2-14-3-7)9-6(10)13/h1-3H2,(H2,8,11)(H,9,13). The third-order valence-corrected chi connectivity index (χ3v) is 2.26. The minimum absolute atomic E-state index is 0.160. The highest BCUT2D eigenvalue weighted by Gasteiger charge is 2.56. The number of nitrogens with zero attached hydrogens (tertiary/aromatic N) is 1. The van der Waals surface area contributed by atoms with Crippen molar-refractivity contribution in [2.24, 2.45) is 5.73 Å². The molecule has 0 bridgehead atoms. The Morgan fingerprint density at radius 3 is 2.57 bits per heavy atom. The summed E-state index contributed by atoms with van der Waals surface area (Å²) >= 11 is 0.